The third kappa shape index (κ3) is 1.91. The normalized spacial score (nSPS) is 18.5. The highest BCUT2D eigenvalue weighted by atomic mass is 16.4. The van der Waals surface area contributed by atoms with Crippen molar-refractivity contribution >= 4 is 11.1 Å². The predicted molar refractivity (Wildman–Crippen MR) is 75.2 cm³/mol. The van der Waals surface area contributed by atoms with Crippen molar-refractivity contribution in [2.24, 2.45) is 5.73 Å². The van der Waals surface area contributed by atoms with Crippen LogP contribution in [0.3, 0.4) is 0 Å². The van der Waals surface area contributed by atoms with E-state index in [1.54, 1.807) is 4.57 Å². The largest absolute Gasteiger partial charge is 0.420 e. The van der Waals surface area contributed by atoms with E-state index >= 15 is 0 Å². The fourth-order valence-electron chi connectivity index (χ4n) is 3.13. The molecule has 1 aromatic heterocycles. The maximum atomic E-state index is 11.9. The van der Waals surface area contributed by atoms with Crippen LogP contribution in [0.4, 0.5) is 0 Å². The number of hydrogen-bond acceptors (Lipinski definition) is 3. The minimum absolute atomic E-state index is 0.0845. The highest BCUT2D eigenvalue weighted by Gasteiger charge is 2.31. The predicted octanol–water partition coefficient (Wildman–Crippen LogP) is 2.90. The van der Waals surface area contributed by atoms with Gasteiger partial charge in [0.1, 0.15) is 0 Å². The fourth-order valence-corrected chi connectivity index (χ4v) is 3.13. The SMILES string of the molecule is CC(C)n1c(=O)oc2ccc(C3(N)CCCC3)cc21. The molecular weight excluding hydrogens is 240 g/mol. The maximum absolute atomic E-state index is 11.9. The number of benzene rings is 1. The Morgan fingerprint density at radius 3 is 2.63 bits per heavy atom. The van der Waals surface area contributed by atoms with Gasteiger partial charge in [-0.2, -0.15) is 0 Å². The van der Waals surface area contributed by atoms with Crippen LogP contribution in [0.5, 0.6) is 0 Å². The monoisotopic (exact) mass is 260 g/mol. The molecule has 1 saturated carbocycles. The molecule has 0 bridgehead atoms. The zero-order valence-corrected chi connectivity index (χ0v) is 11.5. The van der Waals surface area contributed by atoms with Crippen LogP contribution < -0.4 is 11.5 Å². The van der Waals surface area contributed by atoms with Gasteiger partial charge in [-0.05, 0) is 44.4 Å². The summed E-state index contributed by atoms with van der Waals surface area (Å²) in [6.45, 7) is 3.97. The Morgan fingerprint density at radius 1 is 1.32 bits per heavy atom. The average molecular weight is 260 g/mol. The highest BCUT2D eigenvalue weighted by molar-refractivity contribution is 5.74. The first kappa shape index (κ1) is 12.5. The third-order valence-electron chi connectivity index (χ3n) is 4.20. The molecule has 1 aromatic carbocycles. The van der Waals surface area contributed by atoms with Crippen LogP contribution in [-0.4, -0.2) is 4.57 Å². The molecule has 102 valence electrons. The Hall–Kier alpha value is -1.55. The standard InChI is InChI=1S/C15H20N2O2/c1-10(2)17-12-9-11(15(16)7-3-4-8-15)5-6-13(12)19-14(17)18/h5-6,9-10H,3-4,7-8,16H2,1-2H3. The van der Waals surface area contributed by atoms with Crippen molar-refractivity contribution in [1.29, 1.82) is 0 Å². The van der Waals surface area contributed by atoms with Crippen molar-refractivity contribution in [2.45, 2.75) is 51.1 Å². The molecule has 1 fully saturated rings. The number of hydrogen-bond donors (Lipinski definition) is 1. The van der Waals surface area contributed by atoms with E-state index in [1.165, 1.54) is 12.8 Å². The number of nitrogens with zero attached hydrogens (tertiary/aromatic N) is 1. The summed E-state index contributed by atoms with van der Waals surface area (Å²) in [5.74, 6) is -0.292. The first-order valence-corrected chi connectivity index (χ1v) is 6.96. The maximum Gasteiger partial charge on any atom is 0.420 e. The summed E-state index contributed by atoms with van der Waals surface area (Å²) in [6, 6.07) is 5.99. The van der Waals surface area contributed by atoms with Gasteiger partial charge in [0.15, 0.2) is 5.58 Å². The van der Waals surface area contributed by atoms with Gasteiger partial charge in [-0.25, -0.2) is 4.79 Å². The Balaban J connectivity index is 2.19. The highest BCUT2D eigenvalue weighted by Crippen LogP contribution is 2.37. The van der Waals surface area contributed by atoms with Crippen LogP contribution in [0.1, 0.15) is 51.1 Å². The second kappa shape index (κ2) is 4.23. The molecule has 0 saturated heterocycles. The molecule has 0 unspecified atom stereocenters. The molecule has 0 aliphatic heterocycles. The van der Waals surface area contributed by atoms with Crippen LogP contribution >= 0.6 is 0 Å². The molecule has 0 atom stereocenters. The van der Waals surface area contributed by atoms with Crippen molar-refractivity contribution in [3.8, 4) is 0 Å². The first-order valence-electron chi connectivity index (χ1n) is 6.96. The van der Waals surface area contributed by atoms with E-state index in [0.717, 1.165) is 23.9 Å². The minimum Gasteiger partial charge on any atom is -0.408 e. The molecule has 0 radical (unpaired) electrons. The third-order valence-corrected chi connectivity index (χ3v) is 4.20. The number of fused-ring (bicyclic) bond motifs is 1. The van der Waals surface area contributed by atoms with Crippen LogP contribution in [0.15, 0.2) is 27.4 Å². The number of rotatable bonds is 2. The van der Waals surface area contributed by atoms with Crippen molar-refractivity contribution in [3.63, 3.8) is 0 Å². The fraction of sp³-hybridized carbons (Fsp3) is 0.533. The molecule has 0 spiro atoms. The van der Waals surface area contributed by atoms with E-state index in [1.807, 2.05) is 32.0 Å². The Morgan fingerprint density at radius 2 is 2.00 bits per heavy atom. The van der Waals surface area contributed by atoms with Gasteiger partial charge >= 0.3 is 5.76 Å². The number of oxazole rings is 1. The smallest absolute Gasteiger partial charge is 0.408 e. The summed E-state index contributed by atoms with van der Waals surface area (Å²) in [4.78, 5) is 11.9. The van der Waals surface area contributed by atoms with E-state index in [4.69, 9.17) is 10.2 Å². The first-order chi connectivity index (χ1) is 9.01. The van der Waals surface area contributed by atoms with E-state index in [0.29, 0.717) is 5.58 Å². The average Bonchev–Trinajstić information content (AvgIpc) is 2.91. The molecular formula is C15H20N2O2. The molecule has 1 aliphatic rings. The Kier molecular flexibility index (Phi) is 2.78. The number of aromatic nitrogens is 1. The molecule has 4 nitrogen and oxygen atoms in total. The second-order valence-electron chi connectivity index (χ2n) is 5.88. The van der Waals surface area contributed by atoms with Crippen LogP contribution in [0.2, 0.25) is 0 Å². The second-order valence-corrected chi connectivity index (χ2v) is 5.88. The van der Waals surface area contributed by atoms with Gasteiger partial charge in [-0.1, -0.05) is 18.9 Å². The molecule has 2 aromatic rings. The van der Waals surface area contributed by atoms with E-state index in [-0.39, 0.29) is 17.3 Å². The summed E-state index contributed by atoms with van der Waals surface area (Å²) >= 11 is 0. The molecule has 3 rings (SSSR count). The molecule has 2 N–H and O–H groups in total. The summed E-state index contributed by atoms with van der Waals surface area (Å²) in [5.41, 5.74) is 8.87. The lowest BCUT2D eigenvalue weighted by Crippen LogP contribution is -2.33. The van der Waals surface area contributed by atoms with Gasteiger partial charge < -0.3 is 10.2 Å². The molecule has 1 heterocycles. The van der Waals surface area contributed by atoms with Gasteiger partial charge in [0.05, 0.1) is 5.52 Å². The summed E-state index contributed by atoms with van der Waals surface area (Å²) in [7, 11) is 0. The van der Waals surface area contributed by atoms with Crippen LogP contribution in [0, 0.1) is 0 Å². The zero-order chi connectivity index (χ0) is 13.6. The van der Waals surface area contributed by atoms with E-state index in [2.05, 4.69) is 0 Å². The van der Waals surface area contributed by atoms with Crippen molar-refractivity contribution < 1.29 is 4.42 Å². The van der Waals surface area contributed by atoms with Gasteiger partial charge in [-0.15, -0.1) is 0 Å². The lowest BCUT2D eigenvalue weighted by Gasteiger charge is -2.24. The molecule has 0 amide bonds. The molecule has 4 heteroatoms. The quantitative estimate of drug-likeness (QED) is 0.903. The topological polar surface area (TPSA) is 61.2 Å². The molecule has 1 aliphatic carbocycles. The van der Waals surface area contributed by atoms with Gasteiger partial charge in [0, 0.05) is 11.6 Å². The Labute approximate surface area is 112 Å². The van der Waals surface area contributed by atoms with Crippen molar-refractivity contribution in [2.75, 3.05) is 0 Å². The number of nitrogens with two attached hydrogens (primary N) is 1. The van der Waals surface area contributed by atoms with E-state index < -0.39 is 0 Å². The summed E-state index contributed by atoms with van der Waals surface area (Å²) < 4.78 is 6.97. The lowest BCUT2D eigenvalue weighted by molar-refractivity contribution is 0.462. The van der Waals surface area contributed by atoms with Gasteiger partial charge in [0.2, 0.25) is 0 Å². The van der Waals surface area contributed by atoms with Crippen LogP contribution in [-0.2, 0) is 5.54 Å². The van der Waals surface area contributed by atoms with Crippen LogP contribution in [0.25, 0.3) is 11.1 Å². The Bertz CT molecular complexity index is 660. The minimum atomic E-state index is -0.292. The van der Waals surface area contributed by atoms with E-state index in [9.17, 15) is 4.79 Å². The summed E-state index contributed by atoms with van der Waals surface area (Å²) in [5, 5.41) is 0. The van der Waals surface area contributed by atoms with Crippen molar-refractivity contribution in [1.82, 2.24) is 4.57 Å². The summed E-state index contributed by atoms with van der Waals surface area (Å²) in [6.07, 6.45) is 4.39. The van der Waals surface area contributed by atoms with Gasteiger partial charge in [0.25, 0.3) is 0 Å². The zero-order valence-electron chi connectivity index (χ0n) is 11.5. The van der Waals surface area contributed by atoms with Crippen molar-refractivity contribution in [3.05, 3.63) is 34.3 Å². The van der Waals surface area contributed by atoms with Gasteiger partial charge in [-0.3, -0.25) is 4.57 Å². The lowest BCUT2D eigenvalue weighted by atomic mass is 9.89. The molecule has 19 heavy (non-hydrogen) atoms.